The van der Waals surface area contributed by atoms with Crippen LogP contribution in [0.4, 0.5) is 10.1 Å². The van der Waals surface area contributed by atoms with Crippen molar-refractivity contribution in [2.24, 2.45) is 5.92 Å². The number of carboxylic acid groups (broad SMARTS) is 1. The number of benzene rings is 1. The predicted octanol–water partition coefficient (Wildman–Crippen LogP) is 3.15. The Kier molecular flexibility index (Phi) is 3.84. The van der Waals surface area contributed by atoms with E-state index >= 15 is 0 Å². The minimum Gasteiger partial charge on any atom is -0.478 e. The lowest BCUT2D eigenvalue weighted by molar-refractivity contribution is 0.0692. The summed E-state index contributed by atoms with van der Waals surface area (Å²) in [6.07, 6.45) is 3.30. The van der Waals surface area contributed by atoms with Crippen LogP contribution < -0.4 is 4.90 Å². The molecule has 1 aliphatic rings. The van der Waals surface area contributed by atoms with Gasteiger partial charge in [0, 0.05) is 13.1 Å². The van der Waals surface area contributed by atoms with Gasteiger partial charge in [-0.3, -0.25) is 0 Å². The summed E-state index contributed by atoms with van der Waals surface area (Å²) in [7, 11) is 0. The summed E-state index contributed by atoms with van der Waals surface area (Å²) in [5.74, 6) is -1.21. The van der Waals surface area contributed by atoms with Crippen LogP contribution in [0.5, 0.6) is 0 Å². The van der Waals surface area contributed by atoms with Crippen LogP contribution in [-0.4, -0.2) is 24.2 Å². The van der Waals surface area contributed by atoms with Crippen LogP contribution in [0, 0.1) is 11.7 Å². The molecule has 4 heteroatoms. The van der Waals surface area contributed by atoms with Crippen LogP contribution in [0.15, 0.2) is 18.2 Å². The first-order valence-corrected chi connectivity index (χ1v) is 6.40. The first kappa shape index (κ1) is 12.9. The Balaban J connectivity index is 2.32. The maximum Gasteiger partial charge on any atom is 0.340 e. The van der Waals surface area contributed by atoms with Crippen molar-refractivity contribution in [3.63, 3.8) is 0 Å². The van der Waals surface area contributed by atoms with E-state index in [9.17, 15) is 9.18 Å². The number of aromatic carboxylic acids is 1. The summed E-state index contributed by atoms with van der Waals surface area (Å²) in [4.78, 5) is 13.2. The molecule has 18 heavy (non-hydrogen) atoms. The van der Waals surface area contributed by atoms with E-state index in [1.54, 1.807) is 12.1 Å². The van der Waals surface area contributed by atoms with Crippen LogP contribution in [0.1, 0.15) is 36.5 Å². The van der Waals surface area contributed by atoms with Crippen molar-refractivity contribution in [2.75, 3.05) is 18.0 Å². The van der Waals surface area contributed by atoms with E-state index in [4.69, 9.17) is 5.11 Å². The number of hydrogen-bond acceptors (Lipinski definition) is 2. The minimum absolute atomic E-state index is 0.202. The van der Waals surface area contributed by atoms with E-state index in [0.29, 0.717) is 11.6 Å². The van der Waals surface area contributed by atoms with Crippen LogP contribution in [0.3, 0.4) is 0 Å². The van der Waals surface area contributed by atoms with E-state index in [0.717, 1.165) is 19.5 Å². The Morgan fingerprint density at radius 1 is 1.50 bits per heavy atom. The monoisotopic (exact) mass is 251 g/mol. The Hall–Kier alpha value is -1.58. The van der Waals surface area contributed by atoms with Gasteiger partial charge in [-0.05, 0) is 37.3 Å². The molecule has 0 saturated heterocycles. The fraction of sp³-hybridized carbons (Fsp3) is 0.500. The summed E-state index contributed by atoms with van der Waals surface area (Å²) in [6.45, 7) is 3.64. The smallest absolute Gasteiger partial charge is 0.340 e. The van der Waals surface area contributed by atoms with Crippen molar-refractivity contribution in [1.82, 2.24) is 0 Å². The zero-order valence-corrected chi connectivity index (χ0v) is 10.5. The molecule has 1 aromatic carbocycles. The second-order valence-electron chi connectivity index (χ2n) is 4.83. The Morgan fingerprint density at radius 3 is 2.78 bits per heavy atom. The van der Waals surface area contributed by atoms with Crippen LogP contribution in [0.25, 0.3) is 0 Å². The third kappa shape index (κ3) is 2.81. The molecule has 1 fully saturated rings. The number of rotatable bonds is 6. The van der Waals surface area contributed by atoms with Crippen LogP contribution in [-0.2, 0) is 0 Å². The predicted molar refractivity (Wildman–Crippen MR) is 68.6 cm³/mol. The van der Waals surface area contributed by atoms with E-state index in [-0.39, 0.29) is 5.56 Å². The number of carboxylic acids is 1. The summed E-state index contributed by atoms with van der Waals surface area (Å²) in [5, 5.41) is 9.15. The number of anilines is 1. The number of carbonyl (C=O) groups is 1. The molecule has 0 spiro atoms. The summed E-state index contributed by atoms with van der Waals surface area (Å²) in [6, 6.07) is 4.48. The second kappa shape index (κ2) is 5.38. The van der Waals surface area contributed by atoms with Crippen molar-refractivity contribution >= 4 is 11.7 Å². The second-order valence-corrected chi connectivity index (χ2v) is 4.83. The van der Waals surface area contributed by atoms with E-state index in [1.165, 1.54) is 18.9 Å². The van der Waals surface area contributed by atoms with Gasteiger partial charge in [0.1, 0.15) is 11.4 Å². The third-order valence-corrected chi connectivity index (χ3v) is 3.22. The highest BCUT2D eigenvalue weighted by Gasteiger charge is 2.27. The molecule has 98 valence electrons. The molecule has 0 radical (unpaired) electrons. The molecule has 1 aromatic rings. The van der Waals surface area contributed by atoms with Crippen LogP contribution >= 0.6 is 0 Å². The van der Waals surface area contributed by atoms with Gasteiger partial charge in [-0.1, -0.05) is 13.0 Å². The zero-order valence-electron chi connectivity index (χ0n) is 10.5. The van der Waals surface area contributed by atoms with Crippen molar-refractivity contribution in [3.05, 3.63) is 29.6 Å². The molecule has 0 bridgehead atoms. The Morgan fingerprint density at radius 2 is 2.22 bits per heavy atom. The largest absolute Gasteiger partial charge is 0.478 e. The SMILES string of the molecule is CCCN(CC1CC1)c1cccc(F)c1C(=O)O. The van der Waals surface area contributed by atoms with Gasteiger partial charge in [-0.25, -0.2) is 9.18 Å². The van der Waals surface area contributed by atoms with Crippen molar-refractivity contribution in [2.45, 2.75) is 26.2 Å². The molecular weight excluding hydrogens is 233 g/mol. The highest BCUT2D eigenvalue weighted by Crippen LogP contribution is 2.33. The lowest BCUT2D eigenvalue weighted by Gasteiger charge is -2.26. The van der Waals surface area contributed by atoms with Gasteiger partial charge in [0.15, 0.2) is 0 Å². The highest BCUT2D eigenvalue weighted by molar-refractivity contribution is 5.94. The van der Waals surface area contributed by atoms with Gasteiger partial charge < -0.3 is 10.0 Å². The minimum atomic E-state index is -1.19. The average molecular weight is 251 g/mol. The molecule has 2 rings (SSSR count). The average Bonchev–Trinajstić information content (AvgIpc) is 3.11. The Labute approximate surface area is 106 Å². The van der Waals surface area contributed by atoms with Gasteiger partial charge in [-0.15, -0.1) is 0 Å². The molecule has 0 aliphatic heterocycles. The van der Waals surface area contributed by atoms with Gasteiger partial charge in [0.05, 0.1) is 5.69 Å². The first-order valence-electron chi connectivity index (χ1n) is 6.40. The quantitative estimate of drug-likeness (QED) is 0.844. The molecular formula is C14H18FNO2. The van der Waals surface area contributed by atoms with Gasteiger partial charge in [-0.2, -0.15) is 0 Å². The summed E-state index contributed by atoms with van der Waals surface area (Å²) in [5.41, 5.74) is 0.308. The molecule has 0 aromatic heterocycles. The standard InChI is InChI=1S/C14H18FNO2/c1-2-8-16(9-10-6-7-10)12-5-3-4-11(15)13(12)14(17)18/h3-5,10H,2,6-9H2,1H3,(H,17,18). The summed E-state index contributed by atoms with van der Waals surface area (Å²) >= 11 is 0. The number of nitrogens with zero attached hydrogens (tertiary/aromatic N) is 1. The van der Waals surface area contributed by atoms with E-state index < -0.39 is 11.8 Å². The molecule has 3 nitrogen and oxygen atoms in total. The maximum absolute atomic E-state index is 13.6. The van der Waals surface area contributed by atoms with Crippen molar-refractivity contribution in [3.8, 4) is 0 Å². The lowest BCUT2D eigenvalue weighted by atomic mass is 10.1. The van der Waals surface area contributed by atoms with E-state index in [2.05, 4.69) is 0 Å². The lowest BCUT2D eigenvalue weighted by Crippen LogP contribution is -2.28. The number of hydrogen-bond donors (Lipinski definition) is 1. The van der Waals surface area contributed by atoms with Crippen molar-refractivity contribution in [1.29, 1.82) is 0 Å². The van der Waals surface area contributed by atoms with Gasteiger partial charge >= 0.3 is 5.97 Å². The highest BCUT2D eigenvalue weighted by atomic mass is 19.1. The van der Waals surface area contributed by atoms with Crippen LogP contribution in [0.2, 0.25) is 0 Å². The fourth-order valence-electron chi connectivity index (χ4n) is 2.18. The molecule has 1 saturated carbocycles. The first-order chi connectivity index (χ1) is 8.63. The molecule has 0 atom stereocenters. The molecule has 0 amide bonds. The topological polar surface area (TPSA) is 40.5 Å². The Bertz CT molecular complexity index is 443. The molecule has 1 aliphatic carbocycles. The normalized spacial score (nSPS) is 14.6. The third-order valence-electron chi connectivity index (χ3n) is 3.22. The number of halogens is 1. The zero-order chi connectivity index (χ0) is 13.1. The van der Waals surface area contributed by atoms with E-state index in [1.807, 2.05) is 11.8 Å². The summed E-state index contributed by atoms with van der Waals surface area (Å²) < 4.78 is 13.6. The molecule has 0 heterocycles. The molecule has 1 N–H and O–H groups in total. The molecule has 0 unspecified atom stereocenters. The van der Waals surface area contributed by atoms with Crippen molar-refractivity contribution < 1.29 is 14.3 Å². The maximum atomic E-state index is 13.6. The van der Waals surface area contributed by atoms with Gasteiger partial charge in [0.25, 0.3) is 0 Å². The fourth-order valence-corrected chi connectivity index (χ4v) is 2.18. The van der Waals surface area contributed by atoms with Gasteiger partial charge in [0.2, 0.25) is 0 Å².